The van der Waals surface area contributed by atoms with E-state index >= 15 is 0 Å². The van der Waals surface area contributed by atoms with Crippen LogP contribution in [0.4, 0.5) is 0 Å². The number of nitrogens with zero attached hydrogens (tertiary/aromatic N) is 1. The molecule has 4 nitrogen and oxygen atoms in total. The highest BCUT2D eigenvalue weighted by Gasteiger charge is 2.35. The van der Waals surface area contributed by atoms with Crippen molar-refractivity contribution in [2.45, 2.75) is 38.8 Å². The maximum absolute atomic E-state index is 12.4. The van der Waals surface area contributed by atoms with Crippen LogP contribution in [-0.2, 0) is 16.1 Å². The Morgan fingerprint density at radius 2 is 2.09 bits per heavy atom. The zero-order valence-electron chi connectivity index (χ0n) is 12.7. The standard InChI is InChI=1S/C18H20N2O2/c1-12-6-8-13(9-7-12)10-20-18(22)15-11-19-16-5-3-2-4-14(16)17(15)21/h4,6-9,11,15-16H,2-3,5,10H2,1H3,(H,20,22). The lowest BCUT2D eigenvalue weighted by atomic mass is 9.84. The molecule has 0 fully saturated rings. The molecule has 1 amide bonds. The monoisotopic (exact) mass is 296 g/mol. The van der Waals surface area contributed by atoms with E-state index in [1.165, 1.54) is 11.8 Å². The molecule has 0 saturated heterocycles. The number of carbonyl (C=O) groups excluding carboxylic acids is 2. The van der Waals surface area contributed by atoms with Crippen LogP contribution in [0.25, 0.3) is 0 Å². The van der Waals surface area contributed by atoms with Gasteiger partial charge in [0.2, 0.25) is 5.91 Å². The van der Waals surface area contributed by atoms with Crippen LogP contribution in [-0.4, -0.2) is 23.9 Å². The summed E-state index contributed by atoms with van der Waals surface area (Å²) in [6.45, 7) is 2.45. The first-order chi connectivity index (χ1) is 10.6. The number of hydrogen-bond acceptors (Lipinski definition) is 3. The lowest BCUT2D eigenvalue weighted by Gasteiger charge is -2.26. The number of ketones is 1. The second-order valence-electron chi connectivity index (χ2n) is 5.95. The first-order valence-corrected chi connectivity index (χ1v) is 7.76. The number of nitrogens with one attached hydrogen (secondary N) is 1. The lowest BCUT2D eigenvalue weighted by molar-refractivity contribution is -0.129. The minimum atomic E-state index is -0.772. The topological polar surface area (TPSA) is 58.5 Å². The highest BCUT2D eigenvalue weighted by molar-refractivity contribution is 6.21. The quantitative estimate of drug-likeness (QED) is 0.871. The highest BCUT2D eigenvalue weighted by Crippen LogP contribution is 2.27. The fourth-order valence-corrected chi connectivity index (χ4v) is 2.91. The van der Waals surface area contributed by atoms with E-state index in [-0.39, 0.29) is 17.7 Å². The molecule has 0 bridgehead atoms. The Balaban J connectivity index is 1.65. The van der Waals surface area contributed by atoms with Gasteiger partial charge in [0.15, 0.2) is 5.78 Å². The third-order valence-corrected chi connectivity index (χ3v) is 4.26. The number of rotatable bonds is 3. The molecule has 1 aromatic carbocycles. The van der Waals surface area contributed by atoms with Crippen LogP contribution in [0.1, 0.15) is 30.4 Å². The molecule has 1 aromatic rings. The van der Waals surface area contributed by atoms with Crippen LogP contribution in [0.5, 0.6) is 0 Å². The van der Waals surface area contributed by atoms with Crippen LogP contribution >= 0.6 is 0 Å². The van der Waals surface area contributed by atoms with Gasteiger partial charge >= 0.3 is 0 Å². The van der Waals surface area contributed by atoms with Gasteiger partial charge in [0.1, 0.15) is 5.92 Å². The van der Waals surface area contributed by atoms with Crippen molar-refractivity contribution in [1.82, 2.24) is 5.32 Å². The minimum Gasteiger partial charge on any atom is -0.351 e. The summed E-state index contributed by atoms with van der Waals surface area (Å²) in [7, 11) is 0. The van der Waals surface area contributed by atoms with Crippen molar-refractivity contribution in [3.8, 4) is 0 Å². The van der Waals surface area contributed by atoms with Crippen LogP contribution in [0.3, 0.4) is 0 Å². The second-order valence-corrected chi connectivity index (χ2v) is 5.95. The van der Waals surface area contributed by atoms with Crippen LogP contribution in [0.15, 0.2) is 40.9 Å². The molecule has 1 N–H and O–H groups in total. The predicted molar refractivity (Wildman–Crippen MR) is 85.7 cm³/mol. The number of benzene rings is 1. The molecule has 0 radical (unpaired) electrons. The Bertz CT molecular complexity index is 644. The maximum Gasteiger partial charge on any atom is 0.236 e. The molecule has 0 saturated carbocycles. The Labute approximate surface area is 130 Å². The summed E-state index contributed by atoms with van der Waals surface area (Å²) in [5.41, 5.74) is 2.93. The molecule has 0 aromatic heterocycles. The van der Waals surface area contributed by atoms with E-state index in [2.05, 4.69) is 10.3 Å². The normalized spacial score (nSPS) is 23.7. The van der Waals surface area contributed by atoms with Crippen molar-refractivity contribution in [3.63, 3.8) is 0 Å². The fourth-order valence-electron chi connectivity index (χ4n) is 2.91. The van der Waals surface area contributed by atoms with Crippen molar-refractivity contribution in [1.29, 1.82) is 0 Å². The molecule has 4 heteroatoms. The molecule has 22 heavy (non-hydrogen) atoms. The van der Waals surface area contributed by atoms with E-state index in [1.807, 2.05) is 37.3 Å². The summed E-state index contributed by atoms with van der Waals surface area (Å²) in [4.78, 5) is 29.1. The Morgan fingerprint density at radius 1 is 1.32 bits per heavy atom. The van der Waals surface area contributed by atoms with E-state index in [0.29, 0.717) is 6.54 Å². The molecule has 3 rings (SSSR count). The van der Waals surface area contributed by atoms with Crippen molar-refractivity contribution in [2.75, 3.05) is 0 Å². The molecule has 2 atom stereocenters. The van der Waals surface area contributed by atoms with Crippen LogP contribution in [0.2, 0.25) is 0 Å². The average molecular weight is 296 g/mol. The number of Topliss-reactive ketones (excluding diaryl/α,β-unsaturated/α-hetero) is 1. The minimum absolute atomic E-state index is 0.0256. The van der Waals surface area contributed by atoms with Gasteiger partial charge in [-0.1, -0.05) is 35.9 Å². The summed E-state index contributed by atoms with van der Waals surface area (Å²) in [6, 6.07) is 7.94. The van der Waals surface area contributed by atoms with Gasteiger partial charge in [-0.2, -0.15) is 0 Å². The summed E-state index contributed by atoms with van der Waals surface area (Å²) < 4.78 is 0. The maximum atomic E-state index is 12.4. The van der Waals surface area contributed by atoms with Gasteiger partial charge in [-0.15, -0.1) is 0 Å². The molecule has 1 heterocycles. The number of aliphatic imine (C=N–C) groups is 1. The van der Waals surface area contributed by atoms with Crippen molar-refractivity contribution >= 4 is 17.9 Å². The van der Waals surface area contributed by atoms with Crippen LogP contribution < -0.4 is 5.32 Å². The summed E-state index contributed by atoms with van der Waals surface area (Å²) in [5.74, 6) is -1.12. The summed E-state index contributed by atoms with van der Waals surface area (Å²) >= 11 is 0. The average Bonchev–Trinajstić information content (AvgIpc) is 2.55. The Morgan fingerprint density at radius 3 is 2.86 bits per heavy atom. The number of hydrogen-bond donors (Lipinski definition) is 1. The second kappa shape index (κ2) is 6.26. The zero-order valence-corrected chi connectivity index (χ0v) is 12.7. The van der Waals surface area contributed by atoms with E-state index < -0.39 is 5.92 Å². The van der Waals surface area contributed by atoms with E-state index in [0.717, 1.165) is 30.4 Å². The zero-order chi connectivity index (χ0) is 15.5. The Hall–Kier alpha value is -2.23. The van der Waals surface area contributed by atoms with Gasteiger partial charge < -0.3 is 5.32 Å². The molecule has 114 valence electrons. The largest absolute Gasteiger partial charge is 0.351 e. The first-order valence-electron chi connectivity index (χ1n) is 7.76. The van der Waals surface area contributed by atoms with E-state index in [4.69, 9.17) is 0 Å². The molecular formula is C18H20N2O2. The van der Waals surface area contributed by atoms with Crippen molar-refractivity contribution in [3.05, 3.63) is 47.0 Å². The predicted octanol–water partition coefficient (Wildman–Crippen LogP) is 2.36. The molecule has 2 unspecified atom stereocenters. The Kier molecular flexibility index (Phi) is 4.18. The number of amides is 1. The molecule has 1 aliphatic carbocycles. The highest BCUT2D eigenvalue weighted by atomic mass is 16.2. The van der Waals surface area contributed by atoms with Gasteiger partial charge in [0.05, 0.1) is 6.04 Å². The van der Waals surface area contributed by atoms with Crippen molar-refractivity contribution < 1.29 is 9.59 Å². The smallest absolute Gasteiger partial charge is 0.236 e. The number of allylic oxidation sites excluding steroid dienone is 1. The first kappa shape index (κ1) is 14.7. The van der Waals surface area contributed by atoms with Crippen molar-refractivity contribution in [2.24, 2.45) is 10.9 Å². The molecule has 2 aliphatic rings. The third-order valence-electron chi connectivity index (χ3n) is 4.26. The summed E-state index contributed by atoms with van der Waals surface area (Å²) in [5, 5.41) is 2.84. The van der Waals surface area contributed by atoms with E-state index in [1.54, 1.807) is 0 Å². The van der Waals surface area contributed by atoms with Gasteiger partial charge in [0.25, 0.3) is 0 Å². The SMILES string of the molecule is Cc1ccc(CNC(=O)C2C=NC3CCCC=C3C2=O)cc1. The number of carbonyl (C=O) groups is 2. The number of aryl methyl sites for hydroxylation is 1. The molecule has 1 aliphatic heterocycles. The molecule has 0 spiro atoms. The van der Waals surface area contributed by atoms with E-state index in [9.17, 15) is 9.59 Å². The summed E-state index contributed by atoms with van der Waals surface area (Å²) in [6.07, 6.45) is 6.35. The fraction of sp³-hybridized carbons (Fsp3) is 0.389. The lowest BCUT2D eigenvalue weighted by Crippen LogP contribution is -2.41. The van der Waals surface area contributed by atoms with Gasteiger partial charge in [-0.3, -0.25) is 14.6 Å². The van der Waals surface area contributed by atoms with Crippen LogP contribution in [0, 0.1) is 12.8 Å². The number of fused-ring (bicyclic) bond motifs is 1. The van der Waals surface area contributed by atoms with Gasteiger partial charge in [-0.25, -0.2) is 0 Å². The molecular weight excluding hydrogens is 276 g/mol. The van der Waals surface area contributed by atoms with Gasteiger partial charge in [-0.05, 0) is 31.7 Å². The third kappa shape index (κ3) is 3.01. The van der Waals surface area contributed by atoms with Gasteiger partial charge in [0, 0.05) is 18.3 Å².